The van der Waals surface area contributed by atoms with Crippen LogP contribution in [0.3, 0.4) is 0 Å². The van der Waals surface area contributed by atoms with Crippen LogP contribution in [-0.4, -0.2) is 256 Å². The highest BCUT2D eigenvalue weighted by atomic mass is 33.1. The molecule has 6 amide bonds. The van der Waals surface area contributed by atoms with Crippen molar-refractivity contribution < 1.29 is 106 Å². The van der Waals surface area contributed by atoms with Crippen molar-refractivity contribution in [3.63, 3.8) is 0 Å². The van der Waals surface area contributed by atoms with Gasteiger partial charge in [0.25, 0.3) is 22.9 Å². The van der Waals surface area contributed by atoms with Crippen molar-refractivity contribution in [2.75, 3.05) is 141 Å². The number of carbonyl (C=O) groups is 7. The zero-order valence-electron chi connectivity index (χ0n) is 78.3. The number of nitrogens with one attached hydrogen (secondary N) is 6. The van der Waals surface area contributed by atoms with E-state index in [9.17, 15) is 68.8 Å². The number of ether oxygens (including phenoxy) is 8. The van der Waals surface area contributed by atoms with E-state index in [0.29, 0.717) is 56.3 Å². The lowest BCUT2D eigenvalue weighted by molar-refractivity contribution is -0.144. The Morgan fingerprint density at radius 1 is 0.626 bits per heavy atom. The first kappa shape index (κ1) is 105. The number of amides is 6. The lowest BCUT2D eigenvalue weighted by Crippen LogP contribution is -2.57. The molecule has 10 aromatic rings. The first-order chi connectivity index (χ1) is 66.1. The predicted molar refractivity (Wildman–Crippen MR) is 518 cm³/mol. The summed E-state index contributed by atoms with van der Waals surface area (Å²) < 4.78 is 160. The Balaban J connectivity index is 0.596. The lowest BCUT2D eigenvalue weighted by Gasteiger charge is -2.35. The van der Waals surface area contributed by atoms with E-state index in [0.717, 1.165) is 46.6 Å². The summed E-state index contributed by atoms with van der Waals surface area (Å²) in [5, 5.41) is 12.3. The van der Waals surface area contributed by atoms with Gasteiger partial charge in [-0.05, 0) is 90.3 Å². The molecule has 3 aromatic carbocycles. The number of aromatic amines is 2. The molecule has 0 spiro atoms. The molecule has 7 aromatic heterocycles. The van der Waals surface area contributed by atoms with E-state index in [1.165, 1.54) is 75.1 Å². The molecule has 0 bridgehead atoms. The van der Waals surface area contributed by atoms with Crippen molar-refractivity contribution in [3.05, 3.63) is 192 Å². The molecule has 746 valence electrons. The van der Waals surface area contributed by atoms with E-state index in [-0.39, 0.29) is 237 Å². The van der Waals surface area contributed by atoms with Gasteiger partial charge >= 0.3 is 6.16 Å². The zero-order valence-corrected chi connectivity index (χ0v) is 82.5. The van der Waals surface area contributed by atoms with Gasteiger partial charge < -0.3 is 97.9 Å². The second kappa shape index (κ2) is 46.2. The SMILES string of the molecule is Cc1ncsc1-c1ccc(CNC(=O)[C@@H]2C[C@@H](OC(=O)OCC(C)(C)SS)CN2C(=O)[C@@H](NC(=O)CCCC(=O)N(CCOCCOCCOCCNC(=O)c2cc3c(cc2CS(C)(=O)=O)-c2cn(C)c(=O)c4[nH]cc(c24)CN3c2ncc(F)cc2F)CCOCCOCCOCCNC(=O)c2cc3c(cc2CS(C)(=O)=O)-c2cn(C)c(=O)c4[nH]cc(c24)CN3c2ncc(F)cc2F)C(C)(C)C)cc1. The van der Waals surface area contributed by atoms with E-state index in [1.807, 2.05) is 45.0 Å². The van der Waals surface area contributed by atoms with Crippen molar-refractivity contribution in [1.29, 1.82) is 0 Å². The number of hydrogen-bond acceptors (Lipinski definition) is 29. The maximum absolute atomic E-state index is 15.8. The van der Waals surface area contributed by atoms with Crippen LogP contribution in [-0.2, 0) is 122 Å². The first-order valence-corrected chi connectivity index (χ1v) is 51.6. The molecule has 1 saturated heterocycles. The average Bonchev–Trinajstić information content (AvgIpc) is 1.59. The predicted octanol–water partition coefficient (Wildman–Crippen LogP) is 10.1. The number of H-pyrrole nitrogens is 2. The summed E-state index contributed by atoms with van der Waals surface area (Å²) in [7, 11) is -3.31. The third kappa shape index (κ3) is 26.7. The van der Waals surface area contributed by atoms with Crippen molar-refractivity contribution >= 4 is 140 Å². The summed E-state index contributed by atoms with van der Waals surface area (Å²) in [6.07, 6.45) is 7.71. The van der Waals surface area contributed by atoms with Crippen LogP contribution in [0.4, 0.5) is 45.4 Å². The normalized spacial score (nSPS) is 14.5. The lowest BCUT2D eigenvalue weighted by atomic mass is 9.85. The monoisotopic (exact) mass is 2020 g/mol. The largest absolute Gasteiger partial charge is 0.508 e. The molecule has 3 aliphatic rings. The molecule has 0 radical (unpaired) electrons. The third-order valence-electron chi connectivity index (χ3n) is 23.3. The fraction of sp³-hybridized carbons (Fsp3) is 0.447. The molecular formula is C94H111F4N15O21S5. The second-order valence-electron chi connectivity index (χ2n) is 35.7. The molecule has 1 fully saturated rings. The van der Waals surface area contributed by atoms with Crippen LogP contribution in [0, 0.1) is 35.6 Å². The van der Waals surface area contributed by atoms with Crippen molar-refractivity contribution in [2.45, 2.75) is 121 Å². The minimum absolute atomic E-state index is 0.0104. The van der Waals surface area contributed by atoms with E-state index < -0.39 is 118 Å². The molecule has 0 aliphatic carbocycles. The van der Waals surface area contributed by atoms with Gasteiger partial charge in [0.1, 0.15) is 47.5 Å². The fourth-order valence-corrected chi connectivity index (χ4v) is 19.2. The summed E-state index contributed by atoms with van der Waals surface area (Å²) in [5.41, 5.74) is 6.52. The zero-order chi connectivity index (χ0) is 100.0. The minimum Gasteiger partial charge on any atom is -0.433 e. The van der Waals surface area contributed by atoms with Gasteiger partial charge in [-0.1, -0.05) is 55.8 Å². The van der Waals surface area contributed by atoms with E-state index in [1.54, 1.807) is 65.2 Å². The van der Waals surface area contributed by atoms with E-state index >= 15 is 8.78 Å². The quantitative estimate of drug-likeness (QED) is 0.00613. The number of thiazole rings is 1. The van der Waals surface area contributed by atoms with Gasteiger partial charge in [0.05, 0.1) is 155 Å². The smallest absolute Gasteiger partial charge is 0.433 e. The maximum Gasteiger partial charge on any atom is 0.508 e. The Kier molecular flexibility index (Phi) is 34.8. The third-order valence-corrected chi connectivity index (χ3v) is 28.0. The summed E-state index contributed by atoms with van der Waals surface area (Å²) in [6, 6.07) is 12.5. The highest BCUT2D eigenvalue weighted by Crippen LogP contribution is 2.48. The van der Waals surface area contributed by atoms with Crippen LogP contribution < -0.4 is 42.2 Å². The number of fused-ring (bicyclic) bond motifs is 4. The molecule has 10 heterocycles. The number of hydrogen-bond donors (Lipinski definition) is 7. The molecule has 45 heteroatoms. The minimum atomic E-state index is -3.79. The summed E-state index contributed by atoms with van der Waals surface area (Å²) >= 11 is 5.78. The van der Waals surface area contributed by atoms with Gasteiger partial charge in [-0.3, -0.25) is 38.4 Å². The number of sulfone groups is 2. The number of likely N-dealkylation sites (tertiary alicyclic amines) is 1. The van der Waals surface area contributed by atoms with Crippen LogP contribution in [0.1, 0.15) is 115 Å². The van der Waals surface area contributed by atoms with Gasteiger partial charge in [-0.25, -0.2) is 54.1 Å². The highest BCUT2D eigenvalue weighted by molar-refractivity contribution is 8.69. The number of benzene rings is 3. The van der Waals surface area contributed by atoms with Crippen LogP contribution >= 0.6 is 33.8 Å². The first-order valence-electron chi connectivity index (χ1n) is 44.7. The van der Waals surface area contributed by atoms with E-state index in [2.05, 4.69) is 57.8 Å². The number of anilines is 4. The van der Waals surface area contributed by atoms with Crippen LogP contribution in [0.5, 0.6) is 0 Å². The van der Waals surface area contributed by atoms with Gasteiger partial charge in [-0.15, -0.1) is 23.0 Å². The number of aryl methyl sites for hydroxylation is 3. The number of rotatable bonds is 46. The number of halogens is 4. The molecule has 139 heavy (non-hydrogen) atoms. The van der Waals surface area contributed by atoms with E-state index in [4.69, 9.17) is 37.9 Å². The van der Waals surface area contributed by atoms with Gasteiger partial charge in [0.15, 0.2) is 42.9 Å². The molecule has 3 aliphatic heterocycles. The number of carbonyl (C=O) groups excluding carboxylic acids is 7. The summed E-state index contributed by atoms with van der Waals surface area (Å²) in [4.78, 5) is 151. The van der Waals surface area contributed by atoms with Gasteiger partial charge in [0, 0.05) is 160 Å². The molecule has 0 unspecified atom stereocenters. The standard InChI is InChI=1S/C94H111F4N15O21S5/c1-55-82(136-54-106-55)57-16-14-56(15-17-57)41-105-88(118)75-38-64(134-92(122)133-53-94(5,6)137-135)48-113(75)91(121)83(93(2,3)4)107-76(114)12-11-13-77(115)110(20-24-129-28-32-131-30-26-127-22-18-99-86(116)65-39-73-67(34-58(65)51-138(9,123)124)69-49-108(7)89(119)80-78(69)60(42-101-80)46-111(73)84-71(97)36-62(95)44-103-84)21-25-130-29-33-132-31-27-128-23-19-100-87(117)66-40-74-68(35-59(66)52-139(10,125)126)70-50-109(8)90(120)81-79(70)61(43-102-81)47-112(74)85-72(98)37-63(96)45-104-85/h14-17,34-37,39-40,42-45,49-50,54,64,75,83,101-102,135H,11-13,18-33,38,41,46-48,51-53H2,1-10H3,(H,99,116)(H,100,117)(H,105,118)(H,107,114)/t64-,75+,83-/m1/s1. The molecule has 36 nitrogen and oxygen atoms in total. The Bertz CT molecular complexity index is 6310. The number of pyridine rings is 4. The molecule has 3 atom stereocenters. The van der Waals surface area contributed by atoms with Crippen molar-refractivity contribution in [1.82, 2.24) is 65.1 Å². The van der Waals surface area contributed by atoms with Crippen molar-refractivity contribution in [3.8, 4) is 32.7 Å². The Labute approximate surface area is 812 Å². The Morgan fingerprint density at radius 2 is 1.10 bits per heavy atom. The number of nitrogens with zero attached hydrogens (tertiary/aromatic N) is 9. The fourth-order valence-electron chi connectivity index (χ4n) is 16.5. The van der Waals surface area contributed by atoms with Crippen LogP contribution in [0.15, 0.2) is 113 Å². The number of thiol groups is 1. The maximum atomic E-state index is 15.8. The van der Waals surface area contributed by atoms with Crippen LogP contribution in [0.25, 0.3) is 54.5 Å². The van der Waals surface area contributed by atoms with Crippen LogP contribution in [0.2, 0.25) is 0 Å². The summed E-state index contributed by atoms with van der Waals surface area (Å²) in [5.74, 6) is -9.03. The molecule has 0 saturated carbocycles. The summed E-state index contributed by atoms with van der Waals surface area (Å²) in [6.45, 7) is 11.3. The molecular weight excluding hydrogens is 1910 g/mol. The molecule has 13 rings (SSSR count). The van der Waals surface area contributed by atoms with Gasteiger partial charge in [0.2, 0.25) is 23.6 Å². The van der Waals surface area contributed by atoms with Gasteiger partial charge in [-0.2, -0.15) is 0 Å². The Morgan fingerprint density at radius 3 is 1.55 bits per heavy atom. The number of aromatic nitrogens is 7. The van der Waals surface area contributed by atoms with Crippen molar-refractivity contribution in [2.24, 2.45) is 19.5 Å². The molecule has 6 N–H and O–H groups in total. The second-order valence-corrected chi connectivity index (χ2v) is 42.6. The topological polar surface area (TPSA) is 437 Å². The average molecular weight is 2020 g/mol. The highest BCUT2D eigenvalue weighted by Gasteiger charge is 2.47. The Hall–Kier alpha value is -11.7.